The lowest BCUT2D eigenvalue weighted by atomic mass is 10.0. The van der Waals surface area contributed by atoms with E-state index in [1.165, 1.54) is 18.1 Å². The van der Waals surface area contributed by atoms with Crippen molar-refractivity contribution in [1.82, 2.24) is 5.32 Å². The Labute approximate surface area is 125 Å². The first-order valence-electron chi connectivity index (χ1n) is 7.33. The zero-order chi connectivity index (χ0) is 15.4. The van der Waals surface area contributed by atoms with Crippen LogP contribution in [-0.2, 0) is 16.0 Å². The quantitative estimate of drug-likeness (QED) is 0.906. The summed E-state index contributed by atoms with van der Waals surface area (Å²) in [6.07, 6.45) is 1.50. The van der Waals surface area contributed by atoms with Gasteiger partial charge in [0.05, 0.1) is 13.1 Å². The Morgan fingerprint density at radius 3 is 2.86 bits per heavy atom. The minimum Gasteiger partial charge on any atom is -0.442 e. The van der Waals surface area contributed by atoms with Crippen LogP contribution in [0, 0.1) is 6.92 Å². The predicted molar refractivity (Wildman–Crippen MR) is 81.5 cm³/mol. The van der Waals surface area contributed by atoms with Crippen molar-refractivity contribution in [3.63, 3.8) is 0 Å². The maximum Gasteiger partial charge on any atom is 0.414 e. The van der Waals surface area contributed by atoms with Gasteiger partial charge in [-0.3, -0.25) is 9.69 Å². The SMILES string of the molecule is CCCc1ccc(N2C[C@H](CNC(C)=O)OC2=O)cc1C. The van der Waals surface area contributed by atoms with Crippen molar-refractivity contribution in [2.75, 3.05) is 18.0 Å². The van der Waals surface area contributed by atoms with Gasteiger partial charge in [0, 0.05) is 12.6 Å². The second-order valence-corrected chi connectivity index (χ2v) is 5.41. The molecule has 1 aliphatic rings. The Morgan fingerprint density at radius 2 is 2.24 bits per heavy atom. The fourth-order valence-corrected chi connectivity index (χ4v) is 2.49. The lowest BCUT2D eigenvalue weighted by Gasteiger charge is -2.15. The highest BCUT2D eigenvalue weighted by molar-refractivity contribution is 5.90. The first-order chi connectivity index (χ1) is 10.0. The molecule has 0 bridgehead atoms. The molecule has 0 spiro atoms. The number of hydrogen-bond acceptors (Lipinski definition) is 3. The summed E-state index contributed by atoms with van der Waals surface area (Å²) in [6, 6.07) is 6.05. The molecule has 1 N–H and O–H groups in total. The van der Waals surface area contributed by atoms with Gasteiger partial charge in [0.1, 0.15) is 6.10 Å². The zero-order valence-electron chi connectivity index (χ0n) is 12.8. The van der Waals surface area contributed by atoms with Crippen LogP contribution in [0.2, 0.25) is 0 Å². The Morgan fingerprint density at radius 1 is 1.48 bits per heavy atom. The molecule has 1 heterocycles. The Balaban J connectivity index is 2.06. The molecule has 0 aliphatic carbocycles. The highest BCUT2D eigenvalue weighted by Crippen LogP contribution is 2.24. The number of nitrogens with one attached hydrogen (secondary N) is 1. The largest absolute Gasteiger partial charge is 0.442 e. The molecule has 0 radical (unpaired) electrons. The van der Waals surface area contributed by atoms with Gasteiger partial charge in [0.15, 0.2) is 0 Å². The van der Waals surface area contributed by atoms with Gasteiger partial charge in [-0.25, -0.2) is 4.79 Å². The molecule has 2 amide bonds. The van der Waals surface area contributed by atoms with E-state index >= 15 is 0 Å². The molecular formula is C16H22N2O3. The van der Waals surface area contributed by atoms with Gasteiger partial charge in [-0.15, -0.1) is 0 Å². The number of hydrogen-bond donors (Lipinski definition) is 1. The summed E-state index contributed by atoms with van der Waals surface area (Å²) in [5.41, 5.74) is 3.35. The molecule has 5 heteroatoms. The number of benzene rings is 1. The number of ether oxygens (including phenoxy) is 1. The van der Waals surface area contributed by atoms with Crippen LogP contribution in [0.1, 0.15) is 31.4 Å². The second kappa shape index (κ2) is 6.61. The van der Waals surface area contributed by atoms with Crippen LogP contribution in [-0.4, -0.2) is 31.2 Å². The van der Waals surface area contributed by atoms with Crippen molar-refractivity contribution in [2.24, 2.45) is 0 Å². The van der Waals surface area contributed by atoms with E-state index < -0.39 is 0 Å². The summed E-state index contributed by atoms with van der Waals surface area (Å²) in [6.45, 7) is 6.48. The molecule has 1 atom stereocenters. The molecule has 1 fully saturated rings. The van der Waals surface area contributed by atoms with Crippen LogP contribution >= 0.6 is 0 Å². The van der Waals surface area contributed by atoms with E-state index in [4.69, 9.17) is 4.74 Å². The minimum absolute atomic E-state index is 0.121. The molecule has 0 aromatic heterocycles. The lowest BCUT2D eigenvalue weighted by Crippen LogP contribution is -2.33. The maximum atomic E-state index is 11.9. The normalized spacial score (nSPS) is 17.8. The van der Waals surface area contributed by atoms with Gasteiger partial charge in [-0.05, 0) is 36.6 Å². The molecule has 1 saturated heterocycles. The Kier molecular flexibility index (Phi) is 4.83. The topological polar surface area (TPSA) is 58.6 Å². The molecule has 1 aromatic rings. The van der Waals surface area contributed by atoms with Crippen molar-refractivity contribution in [3.05, 3.63) is 29.3 Å². The van der Waals surface area contributed by atoms with E-state index in [9.17, 15) is 9.59 Å². The first kappa shape index (κ1) is 15.4. The summed E-state index contributed by atoms with van der Waals surface area (Å²) in [5.74, 6) is -0.121. The van der Waals surface area contributed by atoms with Crippen LogP contribution in [0.3, 0.4) is 0 Å². The van der Waals surface area contributed by atoms with E-state index in [0.29, 0.717) is 13.1 Å². The van der Waals surface area contributed by atoms with Gasteiger partial charge in [-0.1, -0.05) is 19.4 Å². The minimum atomic E-state index is -0.354. The van der Waals surface area contributed by atoms with E-state index in [-0.39, 0.29) is 18.1 Å². The van der Waals surface area contributed by atoms with Crippen molar-refractivity contribution in [3.8, 4) is 0 Å². The van der Waals surface area contributed by atoms with Gasteiger partial charge < -0.3 is 10.1 Å². The number of amides is 2. The third-order valence-electron chi connectivity index (χ3n) is 3.61. The average molecular weight is 290 g/mol. The Bertz CT molecular complexity index is 542. The fraction of sp³-hybridized carbons (Fsp3) is 0.500. The molecule has 0 unspecified atom stereocenters. The molecule has 5 nitrogen and oxygen atoms in total. The molecule has 1 aromatic carbocycles. The summed E-state index contributed by atoms with van der Waals surface area (Å²) in [7, 11) is 0. The van der Waals surface area contributed by atoms with Gasteiger partial charge in [0.2, 0.25) is 5.91 Å². The fourth-order valence-electron chi connectivity index (χ4n) is 2.49. The standard InChI is InChI=1S/C16H22N2O3/c1-4-5-13-6-7-14(8-11(13)2)18-10-15(21-16(18)20)9-17-12(3)19/h6-8,15H,4-5,9-10H2,1-3H3,(H,17,19)/t15-/m0/s1. The molecule has 1 aliphatic heterocycles. The molecule has 114 valence electrons. The first-order valence-corrected chi connectivity index (χ1v) is 7.33. The van der Waals surface area contributed by atoms with Gasteiger partial charge in [-0.2, -0.15) is 0 Å². The van der Waals surface area contributed by atoms with E-state index in [1.54, 1.807) is 4.90 Å². The van der Waals surface area contributed by atoms with Crippen LogP contribution in [0.25, 0.3) is 0 Å². The number of aryl methyl sites for hydroxylation is 2. The molecule has 0 saturated carbocycles. The van der Waals surface area contributed by atoms with E-state index in [2.05, 4.69) is 25.2 Å². The zero-order valence-corrected chi connectivity index (χ0v) is 12.8. The number of rotatable bonds is 5. The van der Waals surface area contributed by atoms with Crippen LogP contribution in [0.4, 0.5) is 10.5 Å². The summed E-state index contributed by atoms with van der Waals surface area (Å²) < 4.78 is 5.27. The lowest BCUT2D eigenvalue weighted by molar-refractivity contribution is -0.119. The van der Waals surface area contributed by atoms with Gasteiger partial charge in [0.25, 0.3) is 0 Å². The maximum absolute atomic E-state index is 11.9. The number of cyclic esters (lactones) is 1. The highest BCUT2D eigenvalue weighted by atomic mass is 16.6. The molecular weight excluding hydrogens is 268 g/mol. The summed E-state index contributed by atoms with van der Waals surface area (Å²) in [5, 5.41) is 2.67. The summed E-state index contributed by atoms with van der Waals surface area (Å²) >= 11 is 0. The smallest absolute Gasteiger partial charge is 0.414 e. The van der Waals surface area contributed by atoms with E-state index in [0.717, 1.165) is 18.5 Å². The van der Waals surface area contributed by atoms with Crippen LogP contribution in [0.5, 0.6) is 0 Å². The van der Waals surface area contributed by atoms with Gasteiger partial charge >= 0.3 is 6.09 Å². The third kappa shape index (κ3) is 3.74. The van der Waals surface area contributed by atoms with Crippen molar-refractivity contribution >= 4 is 17.7 Å². The average Bonchev–Trinajstić information content (AvgIpc) is 2.80. The van der Waals surface area contributed by atoms with Crippen LogP contribution < -0.4 is 10.2 Å². The number of anilines is 1. The molecule has 21 heavy (non-hydrogen) atoms. The third-order valence-corrected chi connectivity index (χ3v) is 3.61. The van der Waals surface area contributed by atoms with E-state index in [1.807, 2.05) is 12.1 Å². The number of nitrogens with zero attached hydrogens (tertiary/aromatic N) is 1. The van der Waals surface area contributed by atoms with Crippen molar-refractivity contribution in [2.45, 2.75) is 39.7 Å². The predicted octanol–water partition coefficient (Wildman–Crippen LogP) is 2.41. The second-order valence-electron chi connectivity index (χ2n) is 5.41. The summed E-state index contributed by atoms with van der Waals surface area (Å²) in [4.78, 5) is 24.5. The van der Waals surface area contributed by atoms with Crippen molar-refractivity contribution in [1.29, 1.82) is 0 Å². The van der Waals surface area contributed by atoms with Crippen LogP contribution in [0.15, 0.2) is 18.2 Å². The number of carbonyl (C=O) groups is 2. The monoisotopic (exact) mass is 290 g/mol. The van der Waals surface area contributed by atoms with Crippen molar-refractivity contribution < 1.29 is 14.3 Å². The Hall–Kier alpha value is -2.04. The highest BCUT2D eigenvalue weighted by Gasteiger charge is 2.32. The number of carbonyl (C=O) groups excluding carboxylic acids is 2. The molecule has 2 rings (SSSR count).